The van der Waals surface area contributed by atoms with E-state index in [1.165, 1.54) is 0 Å². The van der Waals surface area contributed by atoms with Gasteiger partial charge in [-0.05, 0) is 45.8 Å². The topological polar surface area (TPSA) is 44.1 Å². The summed E-state index contributed by atoms with van der Waals surface area (Å²) in [6.45, 7) is 0.452. The molecule has 2 aromatic rings. The average Bonchev–Trinajstić information content (AvgIpc) is 2.50. The Labute approximate surface area is 136 Å². The molecular formula is C16H12BrClN2O. The first-order valence-electron chi connectivity index (χ1n) is 6.21. The molecule has 21 heavy (non-hydrogen) atoms. The van der Waals surface area contributed by atoms with Gasteiger partial charge in [-0.25, -0.2) is 0 Å². The van der Waals surface area contributed by atoms with E-state index in [0.29, 0.717) is 27.2 Å². The minimum absolute atomic E-state index is 0.148. The number of halogens is 2. The molecular weight excluding hydrogens is 352 g/mol. The molecule has 0 saturated carbocycles. The van der Waals surface area contributed by atoms with Crippen molar-refractivity contribution in [1.82, 2.24) is 4.90 Å². The maximum Gasteiger partial charge on any atom is 0.255 e. The second-order valence-electron chi connectivity index (χ2n) is 4.57. The van der Waals surface area contributed by atoms with Gasteiger partial charge >= 0.3 is 0 Å². The maximum atomic E-state index is 12.4. The largest absolute Gasteiger partial charge is 0.337 e. The smallest absolute Gasteiger partial charge is 0.255 e. The minimum Gasteiger partial charge on any atom is -0.337 e. The van der Waals surface area contributed by atoms with Crippen LogP contribution >= 0.6 is 27.5 Å². The molecule has 106 valence electrons. The van der Waals surface area contributed by atoms with Gasteiger partial charge in [-0.1, -0.05) is 29.8 Å². The van der Waals surface area contributed by atoms with Gasteiger partial charge < -0.3 is 4.90 Å². The van der Waals surface area contributed by atoms with Gasteiger partial charge in [0, 0.05) is 18.1 Å². The van der Waals surface area contributed by atoms with E-state index in [1.807, 2.05) is 12.1 Å². The number of hydrogen-bond donors (Lipinski definition) is 0. The molecule has 2 rings (SSSR count). The van der Waals surface area contributed by atoms with Crippen LogP contribution in [0.15, 0.2) is 46.9 Å². The van der Waals surface area contributed by atoms with Crippen LogP contribution in [0.2, 0.25) is 5.02 Å². The lowest BCUT2D eigenvalue weighted by molar-refractivity contribution is 0.0785. The third-order valence-corrected chi connectivity index (χ3v) is 4.33. The van der Waals surface area contributed by atoms with Gasteiger partial charge in [-0.15, -0.1) is 0 Å². The maximum absolute atomic E-state index is 12.4. The summed E-state index contributed by atoms with van der Waals surface area (Å²) in [5.41, 5.74) is 2.01. The molecule has 0 N–H and O–H groups in total. The van der Waals surface area contributed by atoms with E-state index in [2.05, 4.69) is 22.0 Å². The van der Waals surface area contributed by atoms with E-state index < -0.39 is 0 Å². The highest BCUT2D eigenvalue weighted by atomic mass is 79.9. The molecule has 0 bridgehead atoms. The zero-order valence-electron chi connectivity index (χ0n) is 11.3. The summed E-state index contributed by atoms with van der Waals surface area (Å²) < 4.78 is 0.696. The molecule has 0 fully saturated rings. The summed E-state index contributed by atoms with van der Waals surface area (Å²) >= 11 is 9.46. The van der Waals surface area contributed by atoms with Gasteiger partial charge in [0.25, 0.3) is 5.91 Å². The molecule has 0 aliphatic carbocycles. The number of nitrogens with zero attached hydrogens (tertiary/aromatic N) is 2. The van der Waals surface area contributed by atoms with Crippen molar-refractivity contribution < 1.29 is 4.79 Å². The van der Waals surface area contributed by atoms with Gasteiger partial charge in [-0.2, -0.15) is 5.26 Å². The van der Waals surface area contributed by atoms with Crippen LogP contribution in [0.5, 0.6) is 0 Å². The Hall–Kier alpha value is -1.83. The van der Waals surface area contributed by atoms with Crippen molar-refractivity contribution in [3.8, 4) is 6.07 Å². The van der Waals surface area contributed by atoms with Gasteiger partial charge in [0.05, 0.1) is 22.2 Å². The number of carbonyl (C=O) groups excluding carboxylic acids is 1. The van der Waals surface area contributed by atoms with Gasteiger partial charge in [0.2, 0.25) is 0 Å². The van der Waals surface area contributed by atoms with Crippen molar-refractivity contribution >= 4 is 33.4 Å². The van der Waals surface area contributed by atoms with Crippen LogP contribution < -0.4 is 0 Å². The first-order valence-corrected chi connectivity index (χ1v) is 7.38. The normalized spacial score (nSPS) is 10.0. The fourth-order valence-corrected chi connectivity index (χ4v) is 2.48. The van der Waals surface area contributed by atoms with E-state index in [9.17, 15) is 4.79 Å². The minimum atomic E-state index is -0.148. The van der Waals surface area contributed by atoms with Gasteiger partial charge in [0.1, 0.15) is 0 Å². The Morgan fingerprint density at radius 2 is 1.95 bits per heavy atom. The lowest BCUT2D eigenvalue weighted by atomic mass is 10.1. The number of amides is 1. The summed E-state index contributed by atoms with van der Waals surface area (Å²) in [6.07, 6.45) is 0. The Morgan fingerprint density at radius 3 is 2.57 bits per heavy atom. The molecule has 2 aromatic carbocycles. The fraction of sp³-hybridized carbons (Fsp3) is 0.125. The number of hydrogen-bond acceptors (Lipinski definition) is 2. The van der Waals surface area contributed by atoms with E-state index in [-0.39, 0.29) is 5.91 Å². The lowest BCUT2D eigenvalue weighted by Gasteiger charge is -2.18. The molecule has 5 heteroatoms. The van der Waals surface area contributed by atoms with E-state index >= 15 is 0 Å². The van der Waals surface area contributed by atoms with Gasteiger partial charge in [0.15, 0.2) is 0 Å². The van der Waals surface area contributed by atoms with Crippen molar-refractivity contribution in [3.05, 3.63) is 68.7 Å². The van der Waals surface area contributed by atoms with E-state index in [1.54, 1.807) is 42.3 Å². The van der Waals surface area contributed by atoms with Crippen molar-refractivity contribution in [2.75, 3.05) is 7.05 Å². The summed E-state index contributed by atoms with van der Waals surface area (Å²) in [7, 11) is 1.72. The molecule has 0 atom stereocenters. The highest BCUT2D eigenvalue weighted by Gasteiger charge is 2.16. The predicted molar refractivity (Wildman–Crippen MR) is 86.1 cm³/mol. The second kappa shape index (κ2) is 6.75. The molecule has 1 amide bonds. The average molecular weight is 364 g/mol. The lowest BCUT2D eigenvalue weighted by Crippen LogP contribution is -2.26. The Bertz CT molecular complexity index is 707. The van der Waals surface area contributed by atoms with Gasteiger partial charge in [-0.3, -0.25) is 4.79 Å². The molecule has 0 aromatic heterocycles. The molecule has 0 aliphatic heterocycles. The standard InChI is InChI=1S/C16H12BrClN2O/c1-20(10-12-7-5-11(9-19)6-8-12)16(21)13-3-2-4-14(17)15(13)18/h2-8H,10H2,1H3. The van der Waals surface area contributed by atoms with Crippen molar-refractivity contribution in [1.29, 1.82) is 5.26 Å². The van der Waals surface area contributed by atoms with Crippen molar-refractivity contribution in [2.45, 2.75) is 6.54 Å². The Kier molecular flexibility index (Phi) is 5.00. The van der Waals surface area contributed by atoms with Crippen LogP contribution in [0.3, 0.4) is 0 Å². The molecule has 0 spiro atoms. The fourth-order valence-electron chi connectivity index (χ4n) is 1.90. The van der Waals surface area contributed by atoms with Crippen molar-refractivity contribution in [2.24, 2.45) is 0 Å². The molecule has 0 radical (unpaired) electrons. The summed E-state index contributed by atoms with van der Waals surface area (Å²) in [5.74, 6) is -0.148. The number of benzene rings is 2. The van der Waals surface area contributed by atoms with Crippen LogP contribution in [0.25, 0.3) is 0 Å². The molecule has 3 nitrogen and oxygen atoms in total. The zero-order chi connectivity index (χ0) is 15.4. The quantitative estimate of drug-likeness (QED) is 0.818. The monoisotopic (exact) mass is 362 g/mol. The molecule has 0 unspecified atom stereocenters. The summed E-state index contributed by atoms with van der Waals surface area (Å²) in [5, 5.41) is 9.18. The molecule has 0 aliphatic rings. The van der Waals surface area contributed by atoms with E-state index in [4.69, 9.17) is 16.9 Å². The number of carbonyl (C=O) groups is 1. The predicted octanol–water partition coefficient (Wildman–Crippen LogP) is 4.25. The van der Waals surface area contributed by atoms with Crippen LogP contribution in [0.1, 0.15) is 21.5 Å². The third kappa shape index (κ3) is 3.63. The highest BCUT2D eigenvalue weighted by Crippen LogP contribution is 2.27. The molecule has 0 saturated heterocycles. The summed E-state index contributed by atoms with van der Waals surface area (Å²) in [6, 6.07) is 14.5. The van der Waals surface area contributed by atoms with Crippen LogP contribution in [-0.2, 0) is 6.54 Å². The van der Waals surface area contributed by atoms with Crippen LogP contribution in [0.4, 0.5) is 0 Å². The highest BCUT2D eigenvalue weighted by molar-refractivity contribution is 9.10. The number of nitriles is 1. The SMILES string of the molecule is CN(Cc1ccc(C#N)cc1)C(=O)c1cccc(Br)c1Cl. The Balaban J connectivity index is 2.15. The Morgan fingerprint density at radius 1 is 1.29 bits per heavy atom. The first kappa shape index (κ1) is 15.6. The number of rotatable bonds is 3. The molecule has 0 heterocycles. The first-order chi connectivity index (χ1) is 10.0. The van der Waals surface area contributed by atoms with Crippen molar-refractivity contribution in [3.63, 3.8) is 0 Å². The summed E-state index contributed by atoms with van der Waals surface area (Å²) in [4.78, 5) is 14.0. The van der Waals surface area contributed by atoms with Crippen LogP contribution in [0, 0.1) is 11.3 Å². The zero-order valence-corrected chi connectivity index (χ0v) is 13.6. The second-order valence-corrected chi connectivity index (χ2v) is 5.80. The van der Waals surface area contributed by atoms with Crippen LogP contribution in [-0.4, -0.2) is 17.9 Å². The van der Waals surface area contributed by atoms with E-state index in [0.717, 1.165) is 5.56 Å². The third-order valence-electron chi connectivity index (χ3n) is 3.03.